The van der Waals surface area contributed by atoms with Crippen molar-refractivity contribution in [2.45, 2.75) is 96.7 Å². The van der Waals surface area contributed by atoms with Gasteiger partial charge in [0.2, 0.25) is 0 Å². The number of hydrogen-bond donors (Lipinski definition) is 0. The van der Waals surface area contributed by atoms with E-state index in [9.17, 15) is 0 Å². The van der Waals surface area contributed by atoms with Gasteiger partial charge in [0.15, 0.2) is 0 Å². The molecule has 3 aromatic heterocycles. The van der Waals surface area contributed by atoms with Crippen molar-refractivity contribution in [3.63, 3.8) is 0 Å². The maximum atomic E-state index is 6.50. The Morgan fingerprint density at radius 2 is 1.55 bits per heavy atom. The molecule has 1 radical (unpaired) electrons. The Hall–Kier alpha value is -4.15. The Labute approximate surface area is 342 Å². The van der Waals surface area contributed by atoms with E-state index in [0.29, 0.717) is 0 Å². The summed E-state index contributed by atoms with van der Waals surface area (Å²) in [6.45, 7) is 9.18. The van der Waals surface area contributed by atoms with Crippen molar-refractivity contribution in [3.05, 3.63) is 138 Å². The van der Waals surface area contributed by atoms with E-state index >= 15 is 0 Å². The van der Waals surface area contributed by atoms with Gasteiger partial charge < -0.3 is 14.4 Å². The quantitative estimate of drug-likeness (QED) is 0.118. The molecule has 2 aliphatic rings. The monoisotopic (exact) mass is 917 g/mol. The van der Waals surface area contributed by atoms with Crippen LogP contribution >= 0.6 is 0 Å². The van der Waals surface area contributed by atoms with Crippen LogP contribution in [0.1, 0.15) is 80.4 Å². The average molecular weight is 917 g/mol. The van der Waals surface area contributed by atoms with Crippen molar-refractivity contribution < 1.29 is 24.5 Å². The van der Waals surface area contributed by atoms with Crippen LogP contribution in [0.2, 0.25) is 19.6 Å². The predicted molar refractivity (Wildman–Crippen MR) is 229 cm³/mol. The summed E-state index contributed by atoms with van der Waals surface area (Å²) in [6.07, 6.45) is 17.4. The molecule has 2 saturated carbocycles. The van der Waals surface area contributed by atoms with E-state index in [0.717, 1.165) is 68.3 Å². The third kappa shape index (κ3) is 8.96. The van der Waals surface area contributed by atoms with Crippen molar-refractivity contribution in [2.75, 3.05) is 0 Å². The minimum absolute atomic E-state index is 0. The third-order valence-electron chi connectivity index (χ3n) is 11.7. The smallest absolute Gasteiger partial charge is 0.121 e. The molecule has 0 unspecified atom stereocenters. The van der Waals surface area contributed by atoms with Gasteiger partial charge in [-0.05, 0) is 77.7 Å². The molecule has 2 aliphatic carbocycles. The minimum atomic E-state index is -1.26. The van der Waals surface area contributed by atoms with Crippen molar-refractivity contribution in [3.8, 4) is 33.6 Å². The van der Waals surface area contributed by atoms with Gasteiger partial charge in [-0.15, -0.1) is 47.5 Å². The number of hydrogen-bond acceptors (Lipinski definition) is 3. The molecule has 7 aromatic rings. The van der Waals surface area contributed by atoms with Crippen LogP contribution in [-0.4, -0.2) is 18.0 Å². The van der Waals surface area contributed by atoms with Gasteiger partial charge in [-0.3, -0.25) is 0 Å². The van der Waals surface area contributed by atoms with Crippen molar-refractivity contribution in [2.24, 2.45) is 5.92 Å². The first-order valence-electron chi connectivity index (χ1n) is 20.2. The second-order valence-corrected chi connectivity index (χ2v) is 21.8. The third-order valence-corrected chi connectivity index (χ3v) is 13.7. The summed E-state index contributed by atoms with van der Waals surface area (Å²) in [5.74, 6) is 1.55. The first kappa shape index (κ1) is 39.1. The number of benzene rings is 4. The standard InChI is InChI=1S/C31H28NO.C19H24NSi.Ir/c1-21-12-13-27-29(18-21)33-31-26(15-14-25(30(27)31)24-10-6-3-7-11-24)28-20-23(16-17-32-28)19-22-8-4-2-5-9-22;1-21(2,3)18-11-12-19(20-14-18)17-10-6-9-16(13-17)15-7-4-5-8-15;/h3,6-7,10-14,16-18,20,22H,2,4-5,8-9,19H2,1H3;6,9,11-15H,4-5,7-8H2,1-3H3;/q2*-1;. The SMILES string of the molecule is C[Si](C)(C)c1ccc(-c2[c-]ccc(C3CCCC3)c2)nc1.Cc1ccc2c(c1)oc1c(-c3cc(CC4CCCCC4)ccn3)[c-]cc(-c3ccccc3)c12.[Ir]. The molecule has 0 saturated heterocycles. The molecule has 3 heterocycles. The van der Waals surface area contributed by atoms with Crippen LogP contribution in [0.4, 0.5) is 0 Å². The van der Waals surface area contributed by atoms with Crippen molar-refractivity contribution >= 4 is 35.2 Å². The molecule has 3 nitrogen and oxygen atoms in total. The number of rotatable bonds is 7. The molecule has 4 aromatic carbocycles. The van der Waals surface area contributed by atoms with Crippen molar-refractivity contribution in [1.82, 2.24) is 9.97 Å². The molecule has 0 atom stereocenters. The Kier molecular flexibility index (Phi) is 12.3. The number of nitrogens with zero attached hydrogens (tertiary/aromatic N) is 2. The Bertz CT molecular complexity index is 2350. The Morgan fingerprint density at radius 3 is 2.29 bits per heavy atom. The van der Waals surface area contributed by atoms with Gasteiger partial charge in [-0.2, -0.15) is 0 Å². The second-order valence-electron chi connectivity index (χ2n) is 16.7. The predicted octanol–water partition coefficient (Wildman–Crippen LogP) is 13.3. The van der Waals surface area contributed by atoms with Gasteiger partial charge in [0.1, 0.15) is 5.58 Å². The van der Waals surface area contributed by atoms with E-state index in [-0.39, 0.29) is 20.1 Å². The zero-order chi connectivity index (χ0) is 37.1. The Balaban J connectivity index is 0.000000183. The normalized spacial score (nSPS) is 15.1. The number of pyridine rings is 2. The van der Waals surface area contributed by atoms with E-state index in [1.807, 2.05) is 6.20 Å². The first-order valence-corrected chi connectivity index (χ1v) is 23.7. The van der Waals surface area contributed by atoms with Gasteiger partial charge in [0.25, 0.3) is 0 Å². The van der Waals surface area contributed by atoms with E-state index < -0.39 is 8.07 Å². The van der Waals surface area contributed by atoms with E-state index in [4.69, 9.17) is 9.40 Å². The number of furan rings is 1. The maximum Gasteiger partial charge on any atom is 0.121 e. The molecule has 5 heteroatoms. The summed E-state index contributed by atoms with van der Waals surface area (Å²) < 4.78 is 6.50. The molecule has 0 bridgehead atoms. The fourth-order valence-electron chi connectivity index (χ4n) is 8.57. The number of aryl methyl sites for hydroxylation is 1. The van der Waals surface area contributed by atoms with E-state index in [1.165, 1.54) is 85.2 Å². The van der Waals surface area contributed by atoms with Gasteiger partial charge in [0.05, 0.1) is 13.7 Å². The first-order chi connectivity index (χ1) is 26.3. The van der Waals surface area contributed by atoms with Crippen LogP contribution in [0, 0.1) is 25.0 Å². The van der Waals surface area contributed by atoms with Crippen LogP contribution < -0.4 is 5.19 Å². The molecular formula is C50H52IrN2OSi-2. The summed E-state index contributed by atoms with van der Waals surface area (Å²) in [5, 5.41) is 3.70. The summed E-state index contributed by atoms with van der Waals surface area (Å²) in [6, 6.07) is 41.4. The van der Waals surface area contributed by atoms with Gasteiger partial charge in [0, 0.05) is 37.9 Å². The molecule has 55 heavy (non-hydrogen) atoms. The molecule has 0 N–H and O–H groups in total. The molecule has 0 amide bonds. The average Bonchev–Trinajstić information content (AvgIpc) is 3.88. The number of aromatic nitrogens is 2. The Morgan fingerprint density at radius 1 is 0.764 bits per heavy atom. The molecule has 2 fully saturated rings. The fraction of sp³-hybridized carbons (Fsp3) is 0.320. The zero-order valence-electron chi connectivity index (χ0n) is 32.8. The van der Waals surface area contributed by atoms with Crippen LogP contribution in [0.15, 0.2) is 114 Å². The van der Waals surface area contributed by atoms with Gasteiger partial charge >= 0.3 is 0 Å². The van der Waals surface area contributed by atoms with E-state index in [2.05, 4.69) is 147 Å². The van der Waals surface area contributed by atoms with Crippen LogP contribution in [0.5, 0.6) is 0 Å². The maximum absolute atomic E-state index is 6.50. The van der Waals surface area contributed by atoms with Crippen LogP contribution in [-0.2, 0) is 26.5 Å². The molecular weight excluding hydrogens is 865 g/mol. The fourth-order valence-corrected chi connectivity index (χ4v) is 9.60. The topological polar surface area (TPSA) is 38.9 Å². The van der Waals surface area contributed by atoms with E-state index in [1.54, 1.807) is 0 Å². The van der Waals surface area contributed by atoms with Gasteiger partial charge in [-0.1, -0.05) is 148 Å². The summed E-state index contributed by atoms with van der Waals surface area (Å²) in [4.78, 5) is 9.44. The largest absolute Gasteiger partial charge is 0.501 e. The van der Waals surface area contributed by atoms with Crippen LogP contribution in [0.25, 0.3) is 55.6 Å². The van der Waals surface area contributed by atoms with Gasteiger partial charge in [-0.25, -0.2) is 0 Å². The molecule has 0 aliphatic heterocycles. The van der Waals surface area contributed by atoms with Crippen molar-refractivity contribution in [1.29, 1.82) is 0 Å². The molecule has 283 valence electrons. The molecule has 9 rings (SSSR count). The zero-order valence-corrected chi connectivity index (χ0v) is 36.1. The second kappa shape index (κ2) is 17.3. The summed E-state index contributed by atoms with van der Waals surface area (Å²) >= 11 is 0. The van der Waals surface area contributed by atoms with Crippen LogP contribution in [0.3, 0.4) is 0 Å². The summed E-state index contributed by atoms with van der Waals surface area (Å²) in [7, 11) is -1.26. The number of fused-ring (bicyclic) bond motifs is 3. The summed E-state index contributed by atoms with van der Waals surface area (Å²) in [5.41, 5.74) is 12.2. The minimum Gasteiger partial charge on any atom is -0.501 e. The molecule has 0 spiro atoms.